The fourth-order valence-corrected chi connectivity index (χ4v) is 2.83. The molecular weight excluding hydrogens is 378 g/mol. The number of urea groups is 1. The highest BCUT2D eigenvalue weighted by Gasteiger charge is 2.60. The normalized spacial score (nSPS) is 18.9. The molecule has 0 aliphatic carbocycles. The van der Waals surface area contributed by atoms with Crippen LogP contribution in [0.3, 0.4) is 0 Å². The van der Waals surface area contributed by atoms with Gasteiger partial charge in [-0.15, -0.1) is 0 Å². The Labute approximate surface area is 140 Å². The van der Waals surface area contributed by atoms with Crippen LogP contribution in [-0.4, -0.2) is 30.5 Å². The van der Waals surface area contributed by atoms with Crippen molar-refractivity contribution in [3.05, 3.63) is 33.7 Å². The molecule has 1 atom stereocenters. The smallest absolute Gasteiger partial charge is 0.434 e. The molecule has 0 saturated carbocycles. The predicted molar refractivity (Wildman–Crippen MR) is 73.4 cm³/mol. The number of ether oxygens (including phenoxy) is 1. The summed E-state index contributed by atoms with van der Waals surface area (Å²) in [6.45, 7) is 1.17. The zero-order chi connectivity index (χ0) is 19.0. The molecule has 0 saturated heterocycles. The first kappa shape index (κ1) is 19.1. The van der Waals surface area contributed by atoms with Gasteiger partial charge in [0.25, 0.3) is 6.10 Å². The van der Waals surface area contributed by atoms with Crippen molar-refractivity contribution in [2.75, 3.05) is 0 Å². The number of nitrogens with one attached hydrogen (secondary N) is 2. The van der Waals surface area contributed by atoms with Crippen LogP contribution in [0, 0.1) is 0 Å². The molecule has 25 heavy (non-hydrogen) atoms. The predicted octanol–water partition coefficient (Wildman–Crippen LogP) is 3.41. The number of carbonyl (C=O) groups excluding carboxylic acids is 2. The van der Waals surface area contributed by atoms with E-state index in [9.17, 15) is 35.9 Å². The van der Waals surface area contributed by atoms with Crippen molar-refractivity contribution >= 4 is 23.3 Å². The molecule has 2 rings (SSSR count). The molecule has 2 heterocycles. The van der Waals surface area contributed by atoms with E-state index < -0.39 is 42.1 Å². The van der Waals surface area contributed by atoms with Crippen LogP contribution in [0.2, 0.25) is 0 Å². The van der Waals surface area contributed by atoms with Crippen molar-refractivity contribution in [3.63, 3.8) is 0 Å². The van der Waals surface area contributed by atoms with Gasteiger partial charge in [-0.1, -0.05) is 0 Å². The minimum atomic E-state index is -5.83. The van der Waals surface area contributed by atoms with Crippen LogP contribution in [0.1, 0.15) is 18.5 Å². The molecule has 1 aliphatic heterocycles. The highest BCUT2D eigenvalue weighted by molar-refractivity contribution is 7.08. The van der Waals surface area contributed by atoms with Crippen LogP contribution < -0.4 is 10.6 Å². The molecule has 2 amide bonds. The molecule has 0 spiro atoms. The zero-order valence-electron chi connectivity index (χ0n) is 12.3. The van der Waals surface area contributed by atoms with Crippen LogP contribution in [0.5, 0.6) is 0 Å². The van der Waals surface area contributed by atoms with Crippen molar-refractivity contribution in [1.82, 2.24) is 10.6 Å². The summed E-state index contributed by atoms with van der Waals surface area (Å²) < 4.78 is 79.2. The number of amides is 2. The Morgan fingerprint density at radius 2 is 1.84 bits per heavy atom. The number of thiophene rings is 1. The number of halogens is 6. The number of carbonyl (C=O) groups is 2. The number of rotatable bonds is 3. The summed E-state index contributed by atoms with van der Waals surface area (Å²) in [5.41, 5.74) is -0.425. The third kappa shape index (κ3) is 4.24. The van der Waals surface area contributed by atoms with Gasteiger partial charge in [-0.3, -0.25) is 0 Å². The Kier molecular flexibility index (Phi) is 5.02. The third-order valence-corrected chi connectivity index (χ3v) is 3.89. The minimum absolute atomic E-state index is 0.201. The highest BCUT2D eigenvalue weighted by Crippen LogP contribution is 2.37. The van der Waals surface area contributed by atoms with E-state index in [1.807, 2.05) is 0 Å². The Morgan fingerprint density at radius 3 is 2.32 bits per heavy atom. The van der Waals surface area contributed by atoms with Gasteiger partial charge in [0.05, 0.1) is 11.6 Å². The van der Waals surface area contributed by atoms with E-state index in [4.69, 9.17) is 0 Å². The summed E-state index contributed by atoms with van der Waals surface area (Å²) in [6.07, 6.45) is -15.9. The molecule has 0 bridgehead atoms. The zero-order valence-corrected chi connectivity index (χ0v) is 13.1. The van der Waals surface area contributed by atoms with E-state index >= 15 is 0 Å². The van der Waals surface area contributed by atoms with E-state index in [0.29, 0.717) is 5.56 Å². The summed E-state index contributed by atoms with van der Waals surface area (Å²) in [6, 6.07) is -0.519. The molecule has 1 unspecified atom stereocenters. The molecule has 12 heteroatoms. The largest absolute Gasteiger partial charge is 0.439 e. The first-order valence-corrected chi connectivity index (χ1v) is 7.50. The monoisotopic (exact) mass is 388 g/mol. The average molecular weight is 388 g/mol. The quantitative estimate of drug-likeness (QED) is 0.616. The van der Waals surface area contributed by atoms with E-state index in [0.717, 1.165) is 0 Å². The van der Waals surface area contributed by atoms with Gasteiger partial charge < -0.3 is 15.4 Å². The lowest BCUT2D eigenvalue weighted by molar-refractivity contribution is -0.312. The summed E-state index contributed by atoms with van der Waals surface area (Å²) >= 11 is 1.17. The van der Waals surface area contributed by atoms with Gasteiger partial charge in [0.1, 0.15) is 0 Å². The Bertz CT molecular complexity index is 682. The topological polar surface area (TPSA) is 67.4 Å². The highest BCUT2D eigenvalue weighted by atomic mass is 32.1. The van der Waals surface area contributed by atoms with E-state index in [2.05, 4.69) is 15.4 Å². The molecule has 5 nitrogen and oxygen atoms in total. The molecule has 1 aliphatic rings. The second-order valence-corrected chi connectivity index (χ2v) is 5.78. The second kappa shape index (κ2) is 6.58. The van der Waals surface area contributed by atoms with Crippen molar-refractivity contribution in [2.45, 2.75) is 31.4 Å². The second-order valence-electron chi connectivity index (χ2n) is 5.00. The maximum Gasteiger partial charge on any atom is 0.434 e. The van der Waals surface area contributed by atoms with Crippen molar-refractivity contribution in [1.29, 1.82) is 0 Å². The van der Waals surface area contributed by atoms with E-state index in [1.54, 1.807) is 5.38 Å². The molecule has 2 N–H and O–H groups in total. The lowest BCUT2D eigenvalue weighted by Crippen LogP contribution is -2.49. The van der Waals surface area contributed by atoms with Gasteiger partial charge in [-0.25, -0.2) is 9.59 Å². The maximum absolute atomic E-state index is 12.6. The Balaban J connectivity index is 2.37. The van der Waals surface area contributed by atoms with Gasteiger partial charge >= 0.3 is 24.4 Å². The van der Waals surface area contributed by atoms with Gasteiger partial charge in [0.2, 0.25) is 0 Å². The van der Waals surface area contributed by atoms with Crippen molar-refractivity contribution in [2.24, 2.45) is 0 Å². The fraction of sp³-hybridized carbons (Fsp3) is 0.385. The van der Waals surface area contributed by atoms with Gasteiger partial charge in [0.15, 0.2) is 0 Å². The van der Waals surface area contributed by atoms with Crippen LogP contribution in [0.4, 0.5) is 31.1 Å². The molecule has 1 aromatic rings. The Hall–Kier alpha value is -2.24. The standard InChI is InChI=1S/C13H10F6N2O3S/c1-5-7(8(21-11(23)20-5)6-2-3-25-4-6)9(22)24-10(12(14,15)16)13(17,18)19/h2-4,8,10H,1H3,(H2,20,21,23). The average Bonchev–Trinajstić information content (AvgIpc) is 2.95. The molecular formula is C13H10F6N2O3S. The summed E-state index contributed by atoms with van der Waals surface area (Å²) in [7, 11) is 0. The molecule has 0 fully saturated rings. The van der Waals surface area contributed by atoms with Gasteiger partial charge in [-0.05, 0) is 29.3 Å². The van der Waals surface area contributed by atoms with Crippen LogP contribution in [-0.2, 0) is 9.53 Å². The van der Waals surface area contributed by atoms with Crippen LogP contribution in [0.15, 0.2) is 28.1 Å². The lowest BCUT2D eigenvalue weighted by Gasteiger charge is -2.29. The fourth-order valence-electron chi connectivity index (χ4n) is 2.14. The number of hydrogen-bond acceptors (Lipinski definition) is 4. The summed E-state index contributed by atoms with van der Waals surface area (Å²) in [4.78, 5) is 23.6. The van der Waals surface area contributed by atoms with Gasteiger partial charge in [-0.2, -0.15) is 37.7 Å². The van der Waals surface area contributed by atoms with Crippen LogP contribution >= 0.6 is 11.3 Å². The van der Waals surface area contributed by atoms with E-state index in [-0.39, 0.29) is 5.70 Å². The van der Waals surface area contributed by atoms with Crippen molar-refractivity contribution in [3.8, 4) is 0 Å². The number of esters is 1. The van der Waals surface area contributed by atoms with E-state index in [1.165, 1.54) is 29.7 Å². The first-order valence-electron chi connectivity index (χ1n) is 6.56. The molecule has 0 radical (unpaired) electrons. The SMILES string of the molecule is CC1=C(C(=O)OC(C(F)(F)F)C(F)(F)F)C(c2ccsc2)NC(=O)N1. The Morgan fingerprint density at radius 1 is 1.24 bits per heavy atom. The number of alkyl halides is 6. The lowest BCUT2D eigenvalue weighted by atomic mass is 9.98. The first-order chi connectivity index (χ1) is 11.4. The van der Waals surface area contributed by atoms with Crippen LogP contribution in [0.25, 0.3) is 0 Å². The molecule has 138 valence electrons. The summed E-state index contributed by atoms with van der Waals surface area (Å²) in [5.74, 6) is -1.83. The third-order valence-electron chi connectivity index (χ3n) is 3.19. The number of hydrogen-bond donors (Lipinski definition) is 2. The summed E-state index contributed by atoms with van der Waals surface area (Å²) in [5, 5.41) is 7.44. The molecule has 0 aromatic carbocycles. The number of allylic oxidation sites excluding steroid dienone is 1. The maximum atomic E-state index is 12.6. The van der Waals surface area contributed by atoms with Gasteiger partial charge in [0, 0.05) is 5.70 Å². The van der Waals surface area contributed by atoms with Crippen molar-refractivity contribution < 1.29 is 40.7 Å². The minimum Gasteiger partial charge on any atom is -0.439 e. The molecule has 1 aromatic heterocycles.